The predicted molar refractivity (Wildman–Crippen MR) is 162 cm³/mol. The van der Waals surface area contributed by atoms with Gasteiger partial charge < -0.3 is 29.8 Å². The Hall–Kier alpha value is -5.16. The lowest BCUT2D eigenvalue weighted by Gasteiger charge is -2.19. The molecule has 0 bridgehead atoms. The van der Waals surface area contributed by atoms with Crippen molar-refractivity contribution >= 4 is 34.4 Å². The molecule has 2 amide bonds. The van der Waals surface area contributed by atoms with E-state index in [4.69, 9.17) is 24.9 Å². The van der Waals surface area contributed by atoms with Crippen molar-refractivity contribution in [3.63, 3.8) is 0 Å². The number of likely N-dealkylation sites (tertiary alicyclic amines) is 1. The smallest absolute Gasteiger partial charge is 0.239 e. The van der Waals surface area contributed by atoms with Crippen LogP contribution >= 0.6 is 0 Å². The molecule has 0 radical (unpaired) electrons. The third kappa shape index (κ3) is 10.4. The second-order valence-corrected chi connectivity index (χ2v) is 9.23. The second-order valence-electron chi connectivity index (χ2n) is 9.23. The summed E-state index contributed by atoms with van der Waals surface area (Å²) in [7, 11) is 3.20. The number of nitrogens with two attached hydrogens (primary N) is 1. The van der Waals surface area contributed by atoms with E-state index in [1.54, 1.807) is 31.4 Å². The van der Waals surface area contributed by atoms with E-state index in [1.165, 1.54) is 0 Å². The molecule has 0 spiro atoms. The van der Waals surface area contributed by atoms with E-state index in [0.717, 1.165) is 41.6 Å². The lowest BCUT2D eigenvalue weighted by Crippen LogP contribution is -2.41. The number of methoxy groups -OCH3 is 2. The molecule has 222 valence electrons. The third-order valence-corrected chi connectivity index (χ3v) is 6.25. The van der Waals surface area contributed by atoms with Gasteiger partial charge in [-0.2, -0.15) is 5.26 Å². The van der Waals surface area contributed by atoms with E-state index >= 15 is 0 Å². The summed E-state index contributed by atoms with van der Waals surface area (Å²) in [5.74, 6) is 2.26. The summed E-state index contributed by atoms with van der Waals surface area (Å²) in [6.07, 6.45) is 13.9. The Balaban J connectivity index is 0.000000296. The van der Waals surface area contributed by atoms with E-state index in [-0.39, 0.29) is 24.3 Å². The number of hydrogen-bond acceptors (Lipinski definition) is 7. The summed E-state index contributed by atoms with van der Waals surface area (Å²) >= 11 is 0. The number of fused-ring (bicyclic) bond motifs is 1. The maximum atomic E-state index is 12.0. The SMILES string of the molecule is C#C.COc1ccc(CCNC(=O)CN2CCCCCC2=O)cc1OC.Cc1cc2cc(N=C(N)NC#N)ccc2o1. The zero-order valence-electron chi connectivity index (χ0n) is 24.3. The lowest BCUT2D eigenvalue weighted by molar-refractivity contribution is -0.135. The number of terminal acetylenes is 1. The molecule has 4 rings (SSSR count). The summed E-state index contributed by atoms with van der Waals surface area (Å²) in [5.41, 5.74) is 8.00. The molecule has 1 aliphatic rings. The molecule has 4 N–H and O–H groups in total. The highest BCUT2D eigenvalue weighted by molar-refractivity contribution is 5.86. The molecule has 2 heterocycles. The molecule has 0 aliphatic carbocycles. The number of guanidine groups is 1. The molecular formula is C31H38N6O5. The summed E-state index contributed by atoms with van der Waals surface area (Å²) < 4.78 is 15.9. The van der Waals surface area contributed by atoms with Gasteiger partial charge in [-0.1, -0.05) is 12.5 Å². The standard InChI is InChI=1S/C18H26N2O4.C11H10N4O.C2H2/c1-23-15-8-7-14(12-16(15)24-2)9-10-19-17(21)13-20-11-5-3-4-6-18(20)22;1-7-4-8-5-9(2-3-10(8)16-7)15-11(13)14-6-12;1-2/h7-8,12H,3-6,9-11,13H2,1-2H3,(H,19,21);2-5H,1H3,(H3,13,14,15);1-2H. The highest BCUT2D eigenvalue weighted by Crippen LogP contribution is 2.27. The average Bonchev–Trinajstić information content (AvgIpc) is 3.24. The Morgan fingerprint density at radius 1 is 1.12 bits per heavy atom. The topological polar surface area (TPSA) is 155 Å². The Kier molecular flexibility index (Phi) is 13.8. The largest absolute Gasteiger partial charge is 0.493 e. The Morgan fingerprint density at radius 2 is 1.88 bits per heavy atom. The number of carbonyl (C=O) groups is 2. The first-order valence-corrected chi connectivity index (χ1v) is 13.4. The molecule has 0 unspecified atom stereocenters. The number of carbonyl (C=O) groups excluding carboxylic acids is 2. The average molecular weight is 575 g/mol. The van der Waals surface area contributed by atoms with Crippen molar-refractivity contribution in [3.05, 3.63) is 53.8 Å². The number of aryl methyl sites for hydroxylation is 1. The van der Waals surface area contributed by atoms with Crippen molar-refractivity contribution in [2.45, 2.75) is 39.0 Å². The number of ether oxygens (including phenoxy) is 2. The number of benzene rings is 2. The van der Waals surface area contributed by atoms with Crippen LogP contribution in [-0.4, -0.2) is 56.5 Å². The van der Waals surface area contributed by atoms with Crippen molar-refractivity contribution in [1.29, 1.82) is 5.26 Å². The number of hydrogen-bond donors (Lipinski definition) is 3. The summed E-state index contributed by atoms with van der Waals surface area (Å²) in [6, 6.07) is 13.1. The number of aliphatic imine (C=N–C) groups is 1. The van der Waals surface area contributed by atoms with Crippen LogP contribution in [0.4, 0.5) is 5.69 Å². The maximum absolute atomic E-state index is 12.0. The Morgan fingerprint density at radius 3 is 2.60 bits per heavy atom. The summed E-state index contributed by atoms with van der Waals surface area (Å²) in [4.78, 5) is 29.6. The predicted octanol–water partition coefficient (Wildman–Crippen LogP) is 3.77. The minimum Gasteiger partial charge on any atom is -0.493 e. The number of nitriles is 1. The zero-order valence-corrected chi connectivity index (χ0v) is 24.3. The minimum absolute atomic E-state index is 0.0714. The van der Waals surface area contributed by atoms with Crippen LogP contribution in [0.1, 0.15) is 37.0 Å². The highest BCUT2D eigenvalue weighted by Gasteiger charge is 2.18. The molecule has 0 saturated carbocycles. The van der Waals surface area contributed by atoms with Gasteiger partial charge in [0.2, 0.25) is 17.8 Å². The Labute approximate surface area is 246 Å². The van der Waals surface area contributed by atoms with Crippen molar-refractivity contribution in [1.82, 2.24) is 15.5 Å². The van der Waals surface area contributed by atoms with Gasteiger partial charge in [0.15, 0.2) is 17.7 Å². The number of nitrogens with one attached hydrogen (secondary N) is 2. The van der Waals surface area contributed by atoms with Gasteiger partial charge in [0.05, 0.1) is 26.5 Å². The molecule has 11 nitrogen and oxygen atoms in total. The number of rotatable bonds is 8. The maximum Gasteiger partial charge on any atom is 0.239 e. The van der Waals surface area contributed by atoms with Gasteiger partial charge >= 0.3 is 0 Å². The first kappa shape index (κ1) is 33.0. The first-order chi connectivity index (χ1) is 20.3. The molecule has 1 aromatic heterocycles. The van der Waals surface area contributed by atoms with Crippen LogP contribution in [0.5, 0.6) is 11.5 Å². The number of amides is 2. The Bertz CT molecular complexity index is 1420. The van der Waals surface area contributed by atoms with Crippen LogP contribution in [0.25, 0.3) is 11.0 Å². The summed E-state index contributed by atoms with van der Waals surface area (Å²) in [6.45, 7) is 3.25. The fraction of sp³-hybridized carbons (Fsp3) is 0.355. The van der Waals surface area contributed by atoms with Gasteiger partial charge in [-0.3, -0.25) is 14.9 Å². The first-order valence-electron chi connectivity index (χ1n) is 13.4. The second kappa shape index (κ2) is 17.5. The molecular weight excluding hydrogens is 536 g/mol. The fourth-order valence-corrected chi connectivity index (χ4v) is 4.27. The zero-order chi connectivity index (χ0) is 30.9. The molecule has 2 aromatic carbocycles. The lowest BCUT2D eigenvalue weighted by atomic mass is 10.1. The van der Waals surface area contributed by atoms with Crippen molar-refractivity contribution in [3.8, 4) is 30.5 Å². The van der Waals surface area contributed by atoms with Gasteiger partial charge in [0.1, 0.15) is 11.3 Å². The molecule has 1 aliphatic heterocycles. The molecule has 1 fully saturated rings. The van der Waals surface area contributed by atoms with E-state index in [9.17, 15) is 9.59 Å². The van der Waals surface area contributed by atoms with Gasteiger partial charge in [0, 0.05) is 24.9 Å². The van der Waals surface area contributed by atoms with Crippen LogP contribution in [-0.2, 0) is 16.0 Å². The van der Waals surface area contributed by atoms with Crippen molar-refractivity contribution in [2.75, 3.05) is 33.9 Å². The quantitative estimate of drug-likeness (QED) is 0.121. The summed E-state index contributed by atoms with van der Waals surface area (Å²) in [5, 5.41) is 14.5. The normalized spacial score (nSPS) is 12.9. The highest BCUT2D eigenvalue weighted by atomic mass is 16.5. The number of nitrogens with zero attached hydrogens (tertiary/aromatic N) is 3. The van der Waals surface area contributed by atoms with E-state index < -0.39 is 0 Å². The van der Waals surface area contributed by atoms with E-state index in [2.05, 4.69) is 28.5 Å². The van der Waals surface area contributed by atoms with E-state index in [0.29, 0.717) is 43.1 Å². The third-order valence-electron chi connectivity index (χ3n) is 6.25. The molecule has 3 aromatic rings. The van der Waals surface area contributed by atoms with Gasteiger partial charge in [-0.25, -0.2) is 4.99 Å². The van der Waals surface area contributed by atoms with Gasteiger partial charge in [-0.05, 0) is 68.1 Å². The van der Waals surface area contributed by atoms with Gasteiger partial charge in [-0.15, -0.1) is 12.8 Å². The van der Waals surface area contributed by atoms with Crippen LogP contribution < -0.4 is 25.8 Å². The van der Waals surface area contributed by atoms with Crippen LogP contribution in [0, 0.1) is 31.2 Å². The molecule has 0 atom stereocenters. The minimum atomic E-state index is -0.106. The van der Waals surface area contributed by atoms with Crippen LogP contribution in [0.2, 0.25) is 0 Å². The van der Waals surface area contributed by atoms with Crippen LogP contribution in [0.3, 0.4) is 0 Å². The molecule has 42 heavy (non-hydrogen) atoms. The van der Waals surface area contributed by atoms with Crippen molar-refractivity contribution < 1.29 is 23.5 Å². The van der Waals surface area contributed by atoms with Gasteiger partial charge in [0.25, 0.3) is 0 Å². The number of furan rings is 1. The fourth-order valence-electron chi connectivity index (χ4n) is 4.27. The monoisotopic (exact) mass is 574 g/mol. The molecule has 1 saturated heterocycles. The molecule has 11 heteroatoms. The van der Waals surface area contributed by atoms with E-state index in [1.807, 2.05) is 43.3 Å². The van der Waals surface area contributed by atoms with Crippen LogP contribution in [0.15, 0.2) is 51.9 Å². The van der Waals surface area contributed by atoms with Crippen molar-refractivity contribution in [2.24, 2.45) is 10.7 Å².